The molecule has 6 heteroatoms. The topological polar surface area (TPSA) is 66.8 Å². The van der Waals surface area contributed by atoms with E-state index in [1.807, 2.05) is 0 Å². The molecule has 0 unspecified atom stereocenters. The molecule has 1 aliphatic heterocycles. The zero-order valence-corrected chi connectivity index (χ0v) is 11.3. The molecule has 0 spiro atoms. The molecule has 0 aliphatic carbocycles. The Bertz CT molecular complexity index is 497. The van der Waals surface area contributed by atoms with Crippen LogP contribution in [0.2, 0.25) is 0 Å². The molecular formula is C12H12BrNO4. The van der Waals surface area contributed by atoms with Crippen molar-refractivity contribution in [2.45, 2.75) is 0 Å². The molecule has 0 aromatic heterocycles. The van der Waals surface area contributed by atoms with Gasteiger partial charge in [-0.3, -0.25) is 9.59 Å². The first kappa shape index (κ1) is 12.9. The number of carboxylic acid groups (broad SMARTS) is 1. The highest BCUT2D eigenvalue weighted by Gasteiger charge is 2.35. The number of amides is 1. The summed E-state index contributed by atoms with van der Waals surface area (Å²) < 4.78 is 5.78. The predicted molar refractivity (Wildman–Crippen MR) is 67.7 cm³/mol. The third-order valence-electron chi connectivity index (χ3n) is 2.92. The number of hydrogen-bond donors (Lipinski definition) is 1. The number of methoxy groups -OCH3 is 1. The number of ether oxygens (including phenoxy) is 1. The molecule has 0 bridgehead atoms. The highest BCUT2D eigenvalue weighted by Crippen LogP contribution is 2.27. The molecule has 1 aliphatic rings. The van der Waals surface area contributed by atoms with Crippen LogP contribution in [0.15, 0.2) is 22.7 Å². The van der Waals surface area contributed by atoms with Crippen molar-refractivity contribution in [2.75, 3.05) is 20.2 Å². The summed E-state index contributed by atoms with van der Waals surface area (Å²) in [5.74, 6) is -0.792. The van der Waals surface area contributed by atoms with Crippen molar-refractivity contribution in [3.63, 3.8) is 0 Å². The summed E-state index contributed by atoms with van der Waals surface area (Å²) in [5.41, 5.74) is 0.520. The largest absolute Gasteiger partial charge is 0.496 e. The zero-order chi connectivity index (χ0) is 13.3. The Labute approximate surface area is 112 Å². The summed E-state index contributed by atoms with van der Waals surface area (Å²) in [5, 5.41) is 8.75. The summed E-state index contributed by atoms with van der Waals surface area (Å²) >= 11 is 3.31. The van der Waals surface area contributed by atoms with E-state index in [1.165, 1.54) is 4.90 Å². The van der Waals surface area contributed by atoms with Crippen LogP contribution >= 0.6 is 15.9 Å². The van der Waals surface area contributed by atoms with Crippen molar-refractivity contribution in [2.24, 2.45) is 5.92 Å². The number of carboxylic acids is 1. The van der Waals surface area contributed by atoms with Crippen LogP contribution in [0.1, 0.15) is 10.4 Å². The molecule has 1 saturated heterocycles. The van der Waals surface area contributed by atoms with Gasteiger partial charge in [-0.1, -0.05) is 0 Å². The number of aliphatic carboxylic acids is 1. The van der Waals surface area contributed by atoms with E-state index < -0.39 is 11.9 Å². The molecule has 1 aromatic rings. The predicted octanol–water partition coefficient (Wildman–Crippen LogP) is 1.61. The van der Waals surface area contributed by atoms with Gasteiger partial charge in [0.2, 0.25) is 0 Å². The van der Waals surface area contributed by atoms with Crippen molar-refractivity contribution in [3.8, 4) is 5.75 Å². The van der Waals surface area contributed by atoms with Gasteiger partial charge in [-0.05, 0) is 34.1 Å². The standard InChI is InChI=1S/C12H12BrNO4/c1-18-10-3-2-7(4-9(10)13)11(15)14-5-8(6-14)12(16)17/h2-4,8H,5-6H2,1H3,(H,16,17). The molecule has 5 nitrogen and oxygen atoms in total. The van der Waals surface area contributed by atoms with Gasteiger partial charge < -0.3 is 14.7 Å². The molecule has 1 N–H and O–H groups in total. The molecule has 18 heavy (non-hydrogen) atoms. The molecule has 1 fully saturated rings. The molecular weight excluding hydrogens is 302 g/mol. The van der Waals surface area contributed by atoms with Crippen LogP contribution < -0.4 is 4.74 Å². The van der Waals surface area contributed by atoms with E-state index in [9.17, 15) is 9.59 Å². The first-order chi connectivity index (χ1) is 8.52. The van der Waals surface area contributed by atoms with Crippen molar-refractivity contribution in [1.82, 2.24) is 4.90 Å². The number of hydrogen-bond acceptors (Lipinski definition) is 3. The lowest BCUT2D eigenvalue weighted by Crippen LogP contribution is -2.53. The van der Waals surface area contributed by atoms with Crippen molar-refractivity contribution < 1.29 is 19.4 Å². The third kappa shape index (κ3) is 2.33. The Morgan fingerprint density at radius 1 is 1.44 bits per heavy atom. The van der Waals surface area contributed by atoms with E-state index in [2.05, 4.69) is 15.9 Å². The van der Waals surface area contributed by atoms with E-state index in [-0.39, 0.29) is 19.0 Å². The molecule has 1 heterocycles. The minimum absolute atomic E-state index is 0.157. The maximum atomic E-state index is 12.0. The molecule has 0 atom stereocenters. The second-order valence-corrected chi connectivity index (χ2v) is 4.95. The van der Waals surface area contributed by atoms with Crippen LogP contribution in [-0.2, 0) is 4.79 Å². The fourth-order valence-electron chi connectivity index (χ4n) is 1.78. The van der Waals surface area contributed by atoms with E-state index in [0.29, 0.717) is 15.8 Å². The SMILES string of the molecule is COc1ccc(C(=O)N2CC(C(=O)O)C2)cc1Br. The molecule has 96 valence electrons. The smallest absolute Gasteiger partial charge is 0.310 e. The van der Waals surface area contributed by atoms with Crippen molar-refractivity contribution >= 4 is 27.8 Å². The summed E-state index contributed by atoms with van der Waals surface area (Å²) in [7, 11) is 1.55. The maximum Gasteiger partial charge on any atom is 0.310 e. The van der Waals surface area contributed by atoms with Crippen LogP contribution in [-0.4, -0.2) is 42.1 Å². The molecule has 0 saturated carbocycles. The lowest BCUT2D eigenvalue weighted by molar-refractivity contribution is -0.146. The fourth-order valence-corrected chi connectivity index (χ4v) is 2.32. The summed E-state index contributed by atoms with van der Waals surface area (Å²) in [6, 6.07) is 5.04. The van der Waals surface area contributed by atoms with Crippen LogP contribution in [0.5, 0.6) is 5.75 Å². The van der Waals surface area contributed by atoms with Gasteiger partial charge in [0.25, 0.3) is 5.91 Å². The van der Waals surface area contributed by atoms with Gasteiger partial charge in [0, 0.05) is 18.7 Å². The quantitative estimate of drug-likeness (QED) is 0.920. The minimum Gasteiger partial charge on any atom is -0.496 e. The van der Waals surface area contributed by atoms with Crippen LogP contribution in [0.25, 0.3) is 0 Å². The summed E-state index contributed by atoms with van der Waals surface area (Å²) in [6.45, 7) is 0.551. The molecule has 2 rings (SSSR count). The number of carbonyl (C=O) groups excluding carboxylic acids is 1. The van der Waals surface area contributed by atoms with Gasteiger partial charge in [0.1, 0.15) is 5.75 Å². The van der Waals surface area contributed by atoms with Gasteiger partial charge >= 0.3 is 5.97 Å². The first-order valence-electron chi connectivity index (χ1n) is 5.38. The van der Waals surface area contributed by atoms with E-state index in [0.717, 1.165) is 0 Å². The second kappa shape index (κ2) is 4.97. The number of benzene rings is 1. The van der Waals surface area contributed by atoms with Gasteiger partial charge in [-0.25, -0.2) is 0 Å². The van der Waals surface area contributed by atoms with E-state index >= 15 is 0 Å². The monoisotopic (exact) mass is 313 g/mol. The molecule has 1 amide bonds. The van der Waals surface area contributed by atoms with Crippen LogP contribution in [0.3, 0.4) is 0 Å². The Morgan fingerprint density at radius 2 is 2.11 bits per heavy atom. The Hall–Kier alpha value is -1.56. The van der Waals surface area contributed by atoms with Crippen LogP contribution in [0, 0.1) is 5.92 Å². The third-order valence-corrected chi connectivity index (χ3v) is 3.54. The molecule has 0 radical (unpaired) electrons. The van der Waals surface area contributed by atoms with Gasteiger partial charge in [0.15, 0.2) is 0 Å². The lowest BCUT2D eigenvalue weighted by atomic mass is 9.99. The Morgan fingerprint density at radius 3 is 2.61 bits per heavy atom. The zero-order valence-electron chi connectivity index (χ0n) is 9.72. The van der Waals surface area contributed by atoms with Gasteiger partial charge in [0.05, 0.1) is 17.5 Å². The fraction of sp³-hybridized carbons (Fsp3) is 0.333. The van der Waals surface area contributed by atoms with E-state index in [4.69, 9.17) is 9.84 Å². The Balaban J connectivity index is 2.07. The maximum absolute atomic E-state index is 12.0. The Kier molecular flexibility index (Phi) is 3.56. The highest BCUT2D eigenvalue weighted by molar-refractivity contribution is 9.10. The lowest BCUT2D eigenvalue weighted by Gasteiger charge is -2.36. The first-order valence-corrected chi connectivity index (χ1v) is 6.18. The number of nitrogens with zero attached hydrogens (tertiary/aromatic N) is 1. The average Bonchev–Trinajstić information content (AvgIpc) is 2.26. The van der Waals surface area contributed by atoms with Crippen molar-refractivity contribution in [1.29, 1.82) is 0 Å². The second-order valence-electron chi connectivity index (χ2n) is 4.09. The number of carbonyl (C=O) groups is 2. The summed E-state index contributed by atoms with van der Waals surface area (Å²) in [6.07, 6.45) is 0. The van der Waals surface area contributed by atoms with Crippen LogP contribution in [0.4, 0.5) is 0 Å². The molecule has 1 aromatic carbocycles. The van der Waals surface area contributed by atoms with E-state index in [1.54, 1.807) is 25.3 Å². The normalized spacial score (nSPS) is 15.1. The van der Waals surface area contributed by atoms with Gasteiger partial charge in [-0.2, -0.15) is 0 Å². The number of rotatable bonds is 3. The number of halogens is 1. The average molecular weight is 314 g/mol. The van der Waals surface area contributed by atoms with Crippen molar-refractivity contribution in [3.05, 3.63) is 28.2 Å². The van der Waals surface area contributed by atoms with Gasteiger partial charge in [-0.15, -0.1) is 0 Å². The minimum atomic E-state index is -0.852. The number of likely N-dealkylation sites (tertiary alicyclic amines) is 1. The highest BCUT2D eigenvalue weighted by atomic mass is 79.9. The summed E-state index contributed by atoms with van der Waals surface area (Å²) in [4.78, 5) is 24.2.